The van der Waals surface area contributed by atoms with E-state index in [1.807, 2.05) is 6.92 Å². The average molecular weight is 207 g/mol. The van der Waals surface area contributed by atoms with Crippen molar-refractivity contribution in [2.75, 3.05) is 5.32 Å². The van der Waals surface area contributed by atoms with Gasteiger partial charge >= 0.3 is 5.97 Å². The van der Waals surface area contributed by atoms with Gasteiger partial charge in [-0.25, -0.2) is 4.79 Å². The van der Waals surface area contributed by atoms with Crippen LogP contribution in [0.4, 0.5) is 5.69 Å². The number of aryl methyl sites for hydroxylation is 1. The second-order valence-electron chi connectivity index (χ2n) is 3.42. The van der Waals surface area contributed by atoms with Crippen molar-refractivity contribution in [1.82, 2.24) is 0 Å². The summed E-state index contributed by atoms with van der Waals surface area (Å²) in [5, 5.41) is 11.5. The molecule has 0 aliphatic carbocycles. The van der Waals surface area contributed by atoms with Crippen LogP contribution in [-0.4, -0.2) is 17.0 Å². The number of hydrogen-bond donors (Lipinski definition) is 2. The lowest BCUT2D eigenvalue weighted by atomic mass is 10.0. The van der Waals surface area contributed by atoms with Crippen molar-refractivity contribution in [3.05, 3.63) is 28.8 Å². The van der Waals surface area contributed by atoms with E-state index >= 15 is 0 Å². The molecule has 4 nitrogen and oxygen atoms in total. The first-order valence-corrected chi connectivity index (χ1v) is 4.54. The fraction of sp³-hybridized carbons (Fsp3) is 0.273. The van der Waals surface area contributed by atoms with E-state index in [-0.39, 0.29) is 11.5 Å². The number of rotatable bonds is 2. The Kier molecular flexibility index (Phi) is 3.09. The van der Waals surface area contributed by atoms with Crippen LogP contribution in [0.5, 0.6) is 0 Å². The summed E-state index contributed by atoms with van der Waals surface area (Å²) in [6.07, 6.45) is 0. The molecular formula is C11H13NO3. The predicted molar refractivity (Wildman–Crippen MR) is 57.2 cm³/mol. The van der Waals surface area contributed by atoms with Gasteiger partial charge in [-0.15, -0.1) is 0 Å². The van der Waals surface area contributed by atoms with E-state index in [1.54, 1.807) is 19.1 Å². The summed E-state index contributed by atoms with van der Waals surface area (Å²) in [4.78, 5) is 21.9. The molecule has 0 aliphatic rings. The molecule has 80 valence electrons. The van der Waals surface area contributed by atoms with E-state index in [2.05, 4.69) is 5.32 Å². The van der Waals surface area contributed by atoms with Gasteiger partial charge in [0, 0.05) is 6.92 Å². The number of carbonyl (C=O) groups is 2. The van der Waals surface area contributed by atoms with Crippen molar-refractivity contribution in [3.63, 3.8) is 0 Å². The third-order valence-corrected chi connectivity index (χ3v) is 2.26. The summed E-state index contributed by atoms with van der Waals surface area (Å²) >= 11 is 0. The Bertz CT molecular complexity index is 424. The maximum Gasteiger partial charge on any atom is 0.338 e. The van der Waals surface area contributed by atoms with Crippen molar-refractivity contribution in [1.29, 1.82) is 0 Å². The summed E-state index contributed by atoms with van der Waals surface area (Å²) in [5.41, 5.74) is 2.07. The van der Waals surface area contributed by atoms with Gasteiger partial charge in [0.15, 0.2) is 0 Å². The van der Waals surface area contributed by atoms with E-state index in [0.29, 0.717) is 11.3 Å². The number of carboxylic acid groups (broad SMARTS) is 1. The van der Waals surface area contributed by atoms with Gasteiger partial charge in [-0.05, 0) is 31.0 Å². The largest absolute Gasteiger partial charge is 0.478 e. The van der Waals surface area contributed by atoms with Crippen molar-refractivity contribution in [3.8, 4) is 0 Å². The van der Waals surface area contributed by atoms with Crippen LogP contribution in [0.2, 0.25) is 0 Å². The third kappa shape index (κ3) is 2.34. The predicted octanol–water partition coefficient (Wildman–Crippen LogP) is 1.96. The molecular weight excluding hydrogens is 194 g/mol. The molecule has 0 saturated heterocycles. The first-order valence-electron chi connectivity index (χ1n) is 4.54. The van der Waals surface area contributed by atoms with Crippen LogP contribution in [0.25, 0.3) is 0 Å². The number of aromatic carboxylic acids is 1. The zero-order valence-electron chi connectivity index (χ0n) is 8.92. The van der Waals surface area contributed by atoms with Crippen LogP contribution in [0, 0.1) is 13.8 Å². The highest BCUT2D eigenvalue weighted by atomic mass is 16.4. The second kappa shape index (κ2) is 4.13. The molecule has 0 saturated carbocycles. The normalized spacial score (nSPS) is 9.80. The Labute approximate surface area is 87.9 Å². The molecule has 1 aromatic carbocycles. The van der Waals surface area contributed by atoms with Gasteiger partial charge in [0.1, 0.15) is 0 Å². The quantitative estimate of drug-likeness (QED) is 0.779. The topological polar surface area (TPSA) is 66.4 Å². The fourth-order valence-corrected chi connectivity index (χ4v) is 1.39. The van der Waals surface area contributed by atoms with Crippen molar-refractivity contribution in [2.45, 2.75) is 20.8 Å². The zero-order valence-corrected chi connectivity index (χ0v) is 8.92. The molecule has 1 aromatic rings. The zero-order chi connectivity index (χ0) is 11.6. The Morgan fingerprint density at radius 3 is 2.33 bits per heavy atom. The van der Waals surface area contributed by atoms with Gasteiger partial charge < -0.3 is 10.4 Å². The number of nitrogens with one attached hydrogen (secondary N) is 1. The molecule has 0 bridgehead atoms. The van der Waals surface area contributed by atoms with Gasteiger partial charge in [0.2, 0.25) is 5.91 Å². The molecule has 0 fully saturated rings. The molecule has 2 N–H and O–H groups in total. The van der Waals surface area contributed by atoms with E-state index in [0.717, 1.165) is 5.56 Å². The molecule has 1 amide bonds. The Morgan fingerprint density at radius 1 is 1.27 bits per heavy atom. The minimum Gasteiger partial charge on any atom is -0.478 e. The third-order valence-electron chi connectivity index (χ3n) is 2.26. The van der Waals surface area contributed by atoms with Crippen molar-refractivity contribution >= 4 is 17.6 Å². The molecule has 4 heteroatoms. The van der Waals surface area contributed by atoms with Gasteiger partial charge in [0.05, 0.1) is 11.3 Å². The molecule has 0 aliphatic heterocycles. The summed E-state index contributed by atoms with van der Waals surface area (Å²) in [6.45, 7) is 4.91. The van der Waals surface area contributed by atoms with Crippen molar-refractivity contribution in [2.24, 2.45) is 0 Å². The summed E-state index contributed by atoms with van der Waals surface area (Å²) in [7, 11) is 0. The monoisotopic (exact) mass is 207 g/mol. The van der Waals surface area contributed by atoms with Crippen LogP contribution in [0.15, 0.2) is 12.1 Å². The number of carboxylic acids is 1. The lowest BCUT2D eigenvalue weighted by Gasteiger charge is -2.11. The highest BCUT2D eigenvalue weighted by Gasteiger charge is 2.15. The summed E-state index contributed by atoms with van der Waals surface area (Å²) in [6, 6.07) is 3.39. The van der Waals surface area contributed by atoms with E-state index in [4.69, 9.17) is 5.11 Å². The van der Waals surface area contributed by atoms with E-state index in [1.165, 1.54) is 6.92 Å². The molecule has 0 heterocycles. The van der Waals surface area contributed by atoms with Crippen LogP contribution < -0.4 is 5.32 Å². The standard InChI is InChI=1S/C11H13NO3/c1-6-4-5-9(12-8(3)13)10(7(6)2)11(14)15/h4-5H,1-3H3,(H,12,13)(H,14,15). The molecule has 0 aromatic heterocycles. The Morgan fingerprint density at radius 2 is 1.87 bits per heavy atom. The van der Waals surface area contributed by atoms with Crippen LogP contribution >= 0.6 is 0 Å². The minimum atomic E-state index is -1.03. The summed E-state index contributed by atoms with van der Waals surface area (Å²) < 4.78 is 0. The molecule has 0 unspecified atom stereocenters. The number of benzene rings is 1. The Hall–Kier alpha value is -1.84. The molecule has 0 atom stereocenters. The van der Waals surface area contributed by atoms with Crippen LogP contribution in [0.1, 0.15) is 28.4 Å². The SMILES string of the molecule is CC(=O)Nc1ccc(C)c(C)c1C(=O)O. The van der Waals surface area contributed by atoms with E-state index in [9.17, 15) is 9.59 Å². The number of amides is 1. The second-order valence-corrected chi connectivity index (χ2v) is 3.42. The van der Waals surface area contributed by atoms with Gasteiger partial charge in [-0.2, -0.15) is 0 Å². The van der Waals surface area contributed by atoms with Crippen LogP contribution in [0.3, 0.4) is 0 Å². The Balaban J connectivity index is 3.33. The first-order chi connectivity index (χ1) is 6.93. The molecule has 0 spiro atoms. The number of anilines is 1. The highest BCUT2D eigenvalue weighted by Crippen LogP contribution is 2.22. The lowest BCUT2D eigenvalue weighted by Crippen LogP contribution is -2.12. The average Bonchev–Trinajstić information content (AvgIpc) is 2.10. The highest BCUT2D eigenvalue weighted by molar-refractivity contribution is 6.01. The number of carbonyl (C=O) groups excluding carboxylic acids is 1. The van der Waals surface area contributed by atoms with Crippen molar-refractivity contribution < 1.29 is 14.7 Å². The molecule has 1 rings (SSSR count). The number of hydrogen-bond acceptors (Lipinski definition) is 2. The van der Waals surface area contributed by atoms with Gasteiger partial charge in [-0.1, -0.05) is 6.07 Å². The first kappa shape index (κ1) is 11.2. The van der Waals surface area contributed by atoms with Gasteiger partial charge in [-0.3, -0.25) is 4.79 Å². The van der Waals surface area contributed by atoms with Crippen LogP contribution in [-0.2, 0) is 4.79 Å². The molecule has 0 radical (unpaired) electrons. The molecule has 15 heavy (non-hydrogen) atoms. The maximum absolute atomic E-state index is 11.0. The van der Waals surface area contributed by atoms with Gasteiger partial charge in [0.25, 0.3) is 0 Å². The smallest absolute Gasteiger partial charge is 0.338 e. The van der Waals surface area contributed by atoms with E-state index < -0.39 is 5.97 Å². The lowest BCUT2D eigenvalue weighted by molar-refractivity contribution is -0.114. The minimum absolute atomic E-state index is 0.158. The maximum atomic E-state index is 11.0. The summed E-state index contributed by atoms with van der Waals surface area (Å²) in [5.74, 6) is -1.30. The fourth-order valence-electron chi connectivity index (χ4n) is 1.39.